The van der Waals surface area contributed by atoms with E-state index in [1.165, 1.54) is 22.5 Å². The van der Waals surface area contributed by atoms with E-state index < -0.39 is 4.92 Å². The summed E-state index contributed by atoms with van der Waals surface area (Å²) >= 11 is 0. The molecule has 2 heterocycles. The Morgan fingerprint density at radius 1 is 1.28 bits per heavy atom. The first-order valence-electron chi connectivity index (χ1n) is 9.95. The van der Waals surface area contributed by atoms with Crippen LogP contribution in [0.25, 0.3) is 10.9 Å². The molecule has 1 unspecified atom stereocenters. The van der Waals surface area contributed by atoms with Gasteiger partial charge in [0.15, 0.2) is 0 Å². The maximum Gasteiger partial charge on any atom is 0.292 e. The van der Waals surface area contributed by atoms with E-state index >= 15 is 0 Å². The van der Waals surface area contributed by atoms with Crippen LogP contribution in [0.5, 0.6) is 0 Å². The van der Waals surface area contributed by atoms with Crippen LogP contribution in [-0.4, -0.2) is 38.6 Å². The van der Waals surface area contributed by atoms with Crippen molar-refractivity contribution in [3.05, 3.63) is 69.9 Å². The molecular weight excluding hydrogens is 368 g/mol. The Kier molecular flexibility index (Phi) is 5.51. The number of piperidine rings is 1. The quantitative estimate of drug-likeness (QED) is 0.492. The molecule has 1 aliphatic rings. The zero-order chi connectivity index (χ0) is 20.4. The number of nitro benzene ring substituents is 1. The van der Waals surface area contributed by atoms with Gasteiger partial charge >= 0.3 is 0 Å². The topological polar surface area (TPSA) is 83.6 Å². The molecule has 4 rings (SSSR count). The highest BCUT2D eigenvalue weighted by Crippen LogP contribution is 2.29. The van der Waals surface area contributed by atoms with Crippen molar-refractivity contribution in [2.24, 2.45) is 7.05 Å². The van der Waals surface area contributed by atoms with Gasteiger partial charge in [-0.3, -0.25) is 15.0 Å². The van der Waals surface area contributed by atoms with Crippen molar-refractivity contribution >= 4 is 22.3 Å². The molecule has 1 fully saturated rings. The van der Waals surface area contributed by atoms with E-state index in [-0.39, 0.29) is 18.3 Å². The third-order valence-electron chi connectivity index (χ3n) is 5.68. The molecule has 7 heteroatoms. The molecule has 29 heavy (non-hydrogen) atoms. The molecular formula is C22H26N4O3. The number of benzene rings is 2. The largest absolute Gasteiger partial charge is 0.392 e. The maximum atomic E-state index is 11.4. The Labute approximate surface area is 169 Å². The van der Waals surface area contributed by atoms with Crippen LogP contribution >= 0.6 is 0 Å². The van der Waals surface area contributed by atoms with E-state index in [0.717, 1.165) is 32.5 Å². The van der Waals surface area contributed by atoms with E-state index in [1.807, 2.05) is 0 Å². The smallest absolute Gasteiger partial charge is 0.292 e. The molecule has 0 saturated carbocycles. The lowest BCUT2D eigenvalue weighted by molar-refractivity contribution is -0.384. The monoisotopic (exact) mass is 394 g/mol. The number of nitro groups is 1. The second-order valence-corrected chi connectivity index (χ2v) is 7.77. The molecule has 0 radical (unpaired) electrons. The normalized spacial score (nSPS) is 17.5. The van der Waals surface area contributed by atoms with Crippen molar-refractivity contribution in [2.75, 3.05) is 18.4 Å². The number of rotatable bonds is 6. The van der Waals surface area contributed by atoms with Gasteiger partial charge in [0.1, 0.15) is 5.69 Å². The summed E-state index contributed by atoms with van der Waals surface area (Å²) in [5.41, 5.74) is 3.62. The number of likely N-dealkylation sites (tertiary alicyclic amines) is 1. The zero-order valence-corrected chi connectivity index (χ0v) is 16.5. The Morgan fingerprint density at radius 2 is 2.10 bits per heavy atom. The Balaban J connectivity index is 1.48. The third kappa shape index (κ3) is 4.11. The van der Waals surface area contributed by atoms with Crippen LogP contribution in [0.3, 0.4) is 0 Å². The first-order chi connectivity index (χ1) is 14.0. The molecule has 1 saturated heterocycles. The molecule has 1 aliphatic heterocycles. The van der Waals surface area contributed by atoms with Crippen LogP contribution in [0, 0.1) is 10.1 Å². The average molecular weight is 394 g/mol. The van der Waals surface area contributed by atoms with E-state index in [0.29, 0.717) is 11.3 Å². The van der Waals surface area contributed by atoms with E-state index in [1.54, 1.807) is 12.1 Å². The summed E-state index contributed by atoms with van der Waals surface area (Å²) < 4.78 is 2.16. The second-order valence-electron chi connectivity index (χ2n) is 7.77. The molecule has 1 aromatic heterocycles. The molecule has 0 bridgehead atoms. The molecule has 0 spiro atoms. The van der Waals surface area contributed by atoms with Crippen molar-refractivity contribution in [1.29, 1.82) is 0 Å². The predicted octanol–water partition coefficient (Wildman–Crippen LogP) is 3.66. The highest BCUT2D eigenvalue weighted by molar-refractivity contribution is 5.83. The van der Waals surface area contributed by atoms with Crippen LogP contribution in [0.1, 0.15) is 24.0 Å². The third-order valence-corrected chi connectivity index (χ3v) is 5.68. The van der Waals surface area contributed by atoms with Gasteiger partial charge in [-0.2, -0.15) is 0 Å². The Morgan fingerprint density at radius 3 is 2.90 bits per heavy atom. The molecule has 0 aliphatic carbocycles. The summed E-state index contributed by atoms with van der Waals surface area (Å²) in [5, 5.41) is 25.3. The van der Waals surface area contributed by atoms with Crippen LogP contribution in [0.15, 0.2) is 48.7 Å². The highest BCUT2D eigenvalue weighted by atomic mass is 16.6. The summed E-state index contributed by atoms with van der Waals surface area (Å²) in [7, 11) is 2.07. The van der Waals surface area contributed by atoms with Crippen LogP contribution in [0.2, 0.25) is 0 Å². The molecule has 0 amide bonds. The number of anilines is 1. The first-order valence-corrected chi connectivity index (χ1v) is 9.95. The van der Waals surface area contributed by atoms with Gasteiger partial charge in [0.05, 0.1) is 11.5 Å². The minimum absolute atomic E-state index is 0.0164. The number of aromatic nitrogens is 1. The van der Waals surface area contributed by atoms with Crippen molar-refractivity contribution in [1.82, 2.24) is 9.47 Å². The molecule has 1 atom stereocenters. The van der Waals surface area contributed by atoms with E-state index in [2.05, 4.69) is 52.3 Å². The summed E-state index contributed by atoms with van der Waals surface area (Å²) in [4.78, 5) is 13.5. The van der Waals surface area contributed by atoms with Crippen molar-refractivity contribution in [3.8, 4) is 0 Å². The standard InChI is InChI=1S/C22H26N4O3/c1-24-12-17(19-6-2-3-7-21(19)24)13-25-10-4-5-18(14-25)23-20-9-8-16(15-27)11-22(20)26(28)29/h2-3,6-9,11-12,18,23,27H,4-5,10,13-15H2,1H3. The lowest BCUT2D eigenvalue weighted by Gasteiger charge is -2.33. The Hall–Kier alpha value is -2.90. The van der Waals surface area contributed by atoms with Gasteiger partial charge in [0.25, 0.3) is 5.69 Å². The summed E-state index contributed by atoms with van der Waals surface area (Å²) in [5.74, 6) is 0. The van der Waals surface area contributed by atoms with E-state index in [4.69, 9.17) is 0 Å². The average Bonchev–Trinajstić information content (AvgIpc) is 3.04. The molecule has 2 N–H and O–H groups in total. The predicted molar refractivity (Wildman–Crippen MR) is 114 cm³/mol. The van der Waals surface area contributed by atoms with Gasteiger partial charge in [-0.25, -0.2) is 0 Å². The van der Waals surface area contributed by atoms with Crippen LogP contribution < -0.4 is 5.32 Å². The number of aryl methyl sites for hydroxylation is 1. The second kappa shape index (κ2) is 8.23. The maximum absolute atomic E-state index is 11.4. The number of hydrogen-bond acceptors (Lipinski definition) is 5. The number of nitrogens with zero attached hydrogens (tertiary/aromatic N) is 3. The van der Waals surface area contributed by atoms with Gasteiger partial charge in [0.2, 0.25) is 0 Å². The van der Waals surface area contributed by atoms with Crippen molar-refractivity contribution in [3.63, 3.8) is 0 Å². The van der Waals surface area contributed by atoms with Gasteiger partial charge < -0.3 is 15.0 Å². The lowest BCUT2D eigenvalue weighted by Crippen LogP contribution is -2.41. The van der Waals surface area contributed by atoms with Gasteiger partial charge in [-0.1, -0.05) is 24.3 Å². The minimum Gasteiger partial charge on any atom is -0.392 e. The molecule has 2 aromatic carbocycles. The number of para-hydroxylation sites is 1. The zero-order valence-electron chi connectivity index (χ0n) is 16.5. The van der Waals surface area contributed by atoms with Gasteiger partial charge in [-0.15, -0.1) is 0 Å². The SMILES string of the molecule is Cn1cc(CN2CCCC(Nc3ccc(CO)cc3[N+](=O)[O-])C2)c2ccccc21. The number of aliphatic hydroxyl groups excluding tert-OH is 1. The molecule has 152 valence electrons. The fourth-order valence-electron chi connectivity index (χ4n) is 4.28. The number of hydrogen-bond donors (Lipinski definition) is 2. The van der Waals surface area contributed by atoms with Crippen LogP contribution in [0.4, 0.5) is 11.4 Å². The highest BCUT2D eigenvalue weighted by Gasteiger charge is 2.24. The van der Waals surface area contributed by atoms with Crippen molar-refractivity contribution < 1.29 is 10.0 Å². The minimum atomic E-state index is -0.391. The number of aliphatic hydroxyl groups is 1. The van der Waals surface area contributed by atoms with Gasteiger partial charge in [-0.05, 0) is 42.6 Å². The first kappa shape index (κ1) is 19.4. The number of nitrogens with one attached hydrogen (secondary N) is 1. The summed E-state index contributed by atoms with van der Waals surface area (Å²) in [6.45, 7) is 2.52. The summed E-state index contributed by atoms with van der Waals surface area (Å²) in [6, 6.07) is 13.4. The summed E-state index contributed by atoms with van der Waals surface area (Å²) in [6.07, 6.45) is 4.22. The number of fused-ring (bicyclic) bond motifs is 1. The van der Waals surface area contributed by atoms with Gasteiger partial charge in [0, 0.05) is 49.3 Å². The lowest BCUT2D eigenvalue weighted by atomic mass is 10.0. The fraction of sp³-hybridized carbons (Fsp3) is 0.364. The molecule has 3 aromatic rings. The van der Waals surface area contributed by atoms with Crippen LogP contribution in [-0.2, 0) is 20.2 Å². The Bertz CT molecular complexity index is 1030. The van der Waals surface area contributed by atoms with E-state index in [9.17, 15) is 15.2 Å². The van der Waals surface area contributed by atoms with Crippen molar-refractivity contribution in [2.45, 2.75) is 32.0 Å². The fourth-order valence-corrected chi connectivity index (χ4v) is 4.28. The molecule has 7 nitrogen and oxygen atoms in total.